The average molecular weight is 189 g/mol. The summed E-state index contributed by atoms with van der Waals surface area (Å²) in [4.78, 5) is 0. The van der Waals surface area contributed by atoms with Crippen molar-refractivity contribution in [3.8, 4) is 0 Å². The molecule has 3 heteroatoms. The number of hydrogen-bond donors (Lipinski definition) is 0. The van der Waals surface area contributed by atoms with Crippen LogP contribution in [0.1, 0.15) is 11.7 Å². The highest BCUT2D eigenvalue weighted by Gasteiger charge is 2.24. The lowest BCUT2D eigenvalue weighted by Gasteiger charge is -1.97. The van der Waals surface area contributed by atoms with Gasteiger partial charge in [-0.3, -0.25) is 0 Å². The average Bonchev–Trinajstić information content (AvgIpc) is 2.77. The van der Waals surface area contributed by atoms with Gasteiger partial charge in [-0.05, 0) is 17.7 Å². The molecule has 0 N–H and O–H groups in total. The first-order valence-electron chi connectivity index (χ1n) is 3.34. The summed E-state index contributed by atoms with van der Waals surface area (Å²) in [6, 6.07) is 5.58. The molecule has 1 aliphatic rings. The third-order valence-electron chi connectivity index (χ3n) is 1.65. The number of halogens is 2. The Labute approximate surface area is 74.9 Å². The summed E-state index contributed by atoms with van der Waals surface area (Å²) < 4.78 is 5.09. The first-order valence-corrected chi connectivity index (χ1v) is 4.09. The van der Waals surface area contributed by atoms with Crippen LogP contribution in [0.15, 0.2) is 18.2 Å². The Bertz CT molecular complexity index is 281. The molecule has 1 heterocycles. The van der Waals surface area contributed by atoms with Crippen LogP contribution >= 0.6 is 23.2 Å². The Morgan fingerprint density at radius 3 is 2.55 bits per heavy atom. The van der Waals surface area contributed by atoms with Crippen molar-refractivity contribution in [2.24, 2.45) is 0 Å². The molecular formula is C8H6Cl2O. The SMILES string of the molecule is Clc1ccc([C@@H]2CO2)cc1Cl. The quantitative estimate of drug-likeness (QED) is 0.618. The third kappa shape index (κ3) is 1.51. The van der Waals surface area contributed by atoms with Crippen molar-refractivity contribution < 1.29 is 4.74 Å². The number of ether oxygens (including phenoxy) is 1. The van der Waals surface area contributed by atoms with Gasteiger partial charge in [-0.25, -0.2) is 0 Å². The van der Waals surface area contributed by atoms with Crippen molar-refractivity contribution in [1.82, 2.24) is 0 Å². The van der Waals surface area contributed by atoms with Crippen LogP contribution in [0.4, 0.5) is 0 Å². The van der Waals surface area contributed by atoms with E-state index in [0.29, 0.717) is 10.0 Å². The lowest BCUT2D eigenvalue weighted by atomic mass is 10.2. The van der Waals surface area contributed by atoms with E-state index in [1.54, 1.807) is 6.07 Å². The fourth-order valence-electron chi connectivity index (χ4n) is 0.953. The molecule has 0 radical (unpaired) electrons. The molecule has 0 aromatic heterocycles. The number of hydrogen-bond acceptors (Lipinski definition) is 1. The lowest BCUT2D eigenvalue weighted by molar-refractivity contribution is 0.415. The molecule has 11 heavy (non-hydrogen) atoms. The maximum absolute atomic E-state index is 5.80. The lowest BCUT2D eigenvalue weighted by Crippen LogP contribution is -1.79. The second-order valence-electron chi connectivity index (χ2n) is 2.50. The van der Waals surface area contributed by atoms with Crippen molar-refractivity contribution in [3.63, 3.8) is 0 Å². The molecule has 0 spiro atoms. The fourth-order valence-corrected chi connectivity index (χ4v) is 1.26. The van der Waals surface area contributed by atoms with E-state index in [-0.39, 0.29) is 6.10 Å². The summed E-state index contributed by atoms with van der Waals surface area (Å²) >= 11 is 11.5. The molecule has 1 aliphatic heterocycles. The summed E-state index contributed by atoms with van der Waals surface area (Å²) in [7, 11) is 0. The van der Waals surface area contributed by atoms with Crippen LogP contribution in [0.3, 0.4) is 0 Å². The van der Waals surface area contributed by atoms with Gasteiger partial charge in [0.1, 0.15) is 6.10 Å². The van der Waals surface area contributed by atoms with E-state index in [2.05, 4.69) is 0 Å². The maximum atomic E-state index is 5.80. The monoisotopic (exact) mass is 188 g/mol. The smallest absolute Gasteiger partial charge is 0.106 e. The van der Waals surface area contributed by atoms with E-state index in [1.807, 2.05) is 12.1 Å². The molecule has 1 nitrogen and oxygen atoms in total. The Kier molecular flexibility index (Phi) is 1.80. The first kappa shape index (κ1) is 7.41. The van der Waals surface area contributed by atoms with Crippen LogP contribution in [-0.2, 0) is 4.74 Å². The van der Waals surface area contributed by atoms with Gasteiger partial charge in [0.2, 0.25) is 0 Å². The molecule has 58 valence electrons. The van der Waals surface area contributed by atoms with Crippen LogP contribution in [0.25, 0.3) is 0 Å². The van der Waals surface area contributed by atoms with Crippen molar-refractivity contribution in [2.75, 3.05) is 6.61 Å². The van der Waals surface area contributed by atoms with E-state index in [4.69, 9.17) is 27.9 Å². The van der Waals surface area contributed by atoms with Gasteiger partial charge in [-0.15, -0.1) is 0 Å². The molecule has 0 bridgehead atoms. The standard InChI is InChI=1S/C8H6Cl2O/c9-6-2-1-5(3-7(6)10)8-4-11-8/h1-3,8H,4H2/t8-/m0/s1. The Hall–Kier alpha value is -0.240. The van der Waals surface area contributed by atoms with Gasteiger partial charge in [0, 0.05) is 0 Å². The van der Waals surface area contributed by atoms with Gasteiger partial charge in [-0.2, -0.15) is 0 Å². The summed E-state index contributed by atoms with van der Waals surface area (Å²) in [5, 5.41) is 1.19. The van der Waals surface area contributed by atoms with Crippen molar-refractivity contribution >= 4 is 23.2 Å². The Balaban J connectivity index is 2.36. The first-order chi connectivity index (χ1) is 5.27. The highest BCUT2D eigenvalue weighted by atomic mass is 35.5. The van der Waals surface area contributed by atoms with Gasteiger partial charge < -0.3 is 4.74 Å². The van der Waals surface area contributed by atoms with Gasteiger partial charge in [-0.1, -0.05) is 29.3 Å². The molecule has 1 aromatic carbocycles. The zero-order valence-corrected chi connectivity index (χ0v) is 7.19. The van der Waals surface area contributed by atoms with Crippen molar-refractivity contribution in [1.29, 1.82) is 0 Å². The van der Waals surface area contributed by atoms with Crippen molar-refractivity contribution in [2.45, 2.75) is 6.10 Å². The van der Waals surface area contributed by atoms with Crippen LogP contribution < -0.4 is 0 Å². The van der Waals surface area contributed by atoms with Crippen LogP contribution in [-0.4, -0.2) is 6.61 Å². The Morgan fingerprint density at radius 2 is 2.00 bits per heavy atom. The van der Waals surface area contributed by atoms with Gasteiger partial charge in [0.25, 0.3) is 0 Å². The van der Waals surface area contributed by atoms with Crippen LogP contribution in [0, 0.1) is 0 Å². The summed E-state index contributed by atoms with van der Waals surface area (Å²) in [6.07, 6.45) is 0.254. The normalized spacial score (nSPS) is 21.8. The minimum Gasteiger partial charge on any atom is -0.368 e. The third-order valence-corrected chi connectivity index (χ3v) is 2.39. The largest absolute Gasteiger partial charge is 0.368 e. The molecule has 1 atom stereocenters. The second-order valence-corrected chi connectivity index (χ2v) is 3.31. The zero-order valence-electron chi connectivity index (χ0n) is 5.68. The molecule has 0 amide bonds. The second kappa shape index (κ2) is 2.67. The zero-order chi connectivity index (χ0) is 7.84. The van der Waals surface area contributed by atoms with Gasteiger partial charge in [0.15, 0.2) is 0 Å². The molecule has 1 fully saturated rings. The van der Waals surface area contributed by atoms with Crippen molar-refractivity contribution in [3.05, 3.63) is 33.8 Å². The van der Waals surface area contributed by atoms with E-state index >= 15 is 0 Å². The molecule has 1 saturated heterocycles. The van der Waals surface area contributed by atoms with Crippen LogP contribution in [0.2, 0.25) is 10.0 Å². The topological polar surface area (TPSA) is 12.5 Å². The van der Waals surface area contributed by atoms with E-state index in [0.717, 1.165) is 12.2 Å². The molecule has 1 aromatic rings. The molecule has 0 unspecified atom stereocenters. The van der Waals surface area contributed by atoms with E-state index in [9.17, 15) is 0 Å². The van der Waals surface area contributed by atoms with Gasteiger partial charge >= 0.3 is 0 Å². The van der Waals surface area contributed by atoms with Crippen LogP contribution in [0.5, 0.6) is 0 Å². The summed E-state index contributed by atoms with van der Waals surface area (Å²) in [5.74, 6) is 0. The predicted octanol–water partition coefficient (Wildman–Crippen LogP) is 3.06. The highest BCUT2D eigenvalue weighted by molar-refractivity contribution is 6.42. The highest BCUT2D eigenvalue weighted by Crippen LogP contribution is 2.33. The maximum Gasteiger partial charge on any atom is 0.106 e. The Morgan fingerprint density at radius 1 is 1.27 bits per heavy atom. The van der Waals surface area contributed by atoms with E-state index < -0.39 is 0 Å². The predicted molar refractivity (Wildman–Crippen MR) is 45.2 cm³/mol. The number of rotatable bonds is 1. The van der Waals surface area contributed by atoms with Gasteiger partial charge in [0.05, 0.1) is 16.7 Å². The number of epoxide rings is 1. The minimum atomic E-state index is 0.254. The molecular weight excluding hydrogens is 183 g/mol. The summed E-state index contributed by atoms with van der Waals surface area (Å²) in [5.41, 5.74) is 1.11. The summed E-state index contributed by atoms with van der Waals surface area (Å²) in [6.45, 7) is 0.804. The molecule has 0 aliphatic carbocycles. The van der Waals surface area contributed by atoms with E-state index in [1.165, 1.54) is 0 Å². The molecule has 0 saturated carbocycles. The fraction of sp³-hybridized carbons (Fsp3) is 0.250. The minimum absolute atomic E-state index is 0.254. The number of benzene rings is 1. The molecule has 2 rings (SSSR count).